The lowest BCUT2D eigenvalue weighted by atomic mass is 10.2. The molecule has 2 N–H and O–H groups in total. The Morgan fingerprint density at radius 3 is 1.88 bits per heavy atom. The van der Waals surface area contributed by atoms with E-state index in [4.69, 9.17) is 11.6 Å². The number of nitrogens with one attached hydrogen (secondary N) is 2. The van der Waals surface area contributed by atoms with E-state index < -0.39 is 15.9 Å². The minimum absolute atomic E-state index is 0.0670. The average molecular weight is 498 g/mol. The van der Waals surface area contributed by atoms with E-state index in [1.807, 2.05) is 6.07 Å². The van der Waals surface area contributed by atoms with E-state index in [9.17, 15) is 18.0 Å². The molecule has 0 bridgehead atoms. The molecule has 0 atom stereocenters. The molecule has 0 unspecified atom stereocenters. The largest absolute Gasteiger partial charge is 0.322 e. The van der Waals surface area contributed by atoms with Crippen molar-refractivity contribution < 1.29 is 18.0 Å². The summed E-state index contributed by atoms with van der Waals surface area (Å²) in [7, 11) is -3.78. The molecule has 0 spiro atoms. The second-order valence-electron chi connectivity index (χ2n) is 7.96. The van der Waals surface area contributed by atoms with E-state index in [1.54, 1.807) is 48.5 Å². The molecule has 176 valence electrons. The number of anilines is 2. The molecule has 0 saturated carbocycles. The topological polar surface area (TPSA) is 95.6 Å². The third kappa shape index (κ3) is 5.47. The summed E-state index contributed by atoms with van der Waals surface area (Å²) < 4.78 is 27.5. The molecule has 4 rings (SSSR count). The van der Waals surface area contributed by atoms with Gasteiger partial charge in [-0.15, -0.1) is 0 Å². The first-order valence-electron chi connectivity index (χ1n) is 10.9. The molecule has 0 aromatic heterocycles. The van der Waals surface area contributed by atoms with Crippen molar-refractivity contribution in [2.24, 2.45) is 0 Å². The van der Waals surface area contributed by atoms with Crippen LogP contribution in [0.1, 0.15) is 40.0 Å². The van der Waals surface area contributed by atoms with E-state index in [0.29, 0.717) is 30.0 Å². The smallest absolute Gasteiger partial charge is 0.255 e. The maximum atomic E-state index is 13.0. The number of hydrogen-bond donors (Lipinski definition) is 2. The number of amides is 2. The Balaban J connectivity index is 1.45. The fraction of sp³-hybridized carbons (Fsp3) is 0.200. The lowest BCUT2D eigenvalue weighted by molar-refractivity contribution is 0.101. The summed E-state index contributed by atoms with van der Waals surface area (Å²) >= 11 is 6.20. The molecule has 1 aliphatic heterocycles. The lowest BCUT2D eigenvalue weighted by Crippen LogP contribution is -2.35. The van der Waals surface area contributed by atoms with Gasteiger partial charge < -0.3 is 10.6 Å². The van der Waals surface area contributed by atoms with E-state index in [0.717, 1.165) is 19.3 Å². The summed E-state index contributed by atoms with van der Waals surface area (Å²) in [5.74, 6) is -0.700. The Hall–Kier alpha value is -3.20. The number of carbonyl (C=O) groups excluding carboxylic acids is 2. The van der Waals surface area contributed by atoms with Crippen LogP contribution in [0.5, 0.6) is 0 Å². The van der Waals surface area contributed by atoms with Crippen molar-refractivity contribution in [1.29, 1.82) is 0 Å². The molecule has 1 heterocycles. The molecule has 7 nitrogen and oxygen atoms in total. The van der Waals surface area contributed by atoms with Gasteiger partial charge in [0, 0.05) is 35.6 Å². The van der Waals surface area contributed by atoms with Gasteiger partial charge in [0.05, 0.1) is 5.02 Å². The molecule has 9 heteroatoms. The van der Waals surface area contributed by atoms with Gasteiger partial charge in [-0.05, 0) is 67.4 Å². The van der Waals surface area contributed by atoms with Crippen molar-refractivity contribution in [2.45, 2.75) is 24.2 Å². The molecule has 34 heavy (non-hydrogen) atoms. The average Bonchev–Trinajstić information content (AvgIpc) is 2.86. The second-order valence-corrected chi connectivity index (χ2v) is 10.3. The van der Waals surface area contributed by atoms with Crippen LogP contribution >= 0.6 is 11.6 Å². The van der Waals surface area contributed by atoms with Gasteiger partial charge in [0.25, 0.3) is 11.8 Å². The van der Waals surface area contributed by atoms with Gasteiger partial charge in [0.2, 0.25) is 10.0 Å². The number of carbonyl (C=O) groups is 2. The molecule has 1 aliphatic rings. The number of piperidine rings is 1. The predicted octanol–water partition coefficient (Wildman–Crippen LogP) is 5.02. The van der Waals surface area contributed by atoms with Crippen LogP contribution in [0.3, 0.4) is 0 Å². The summed E-state index contributed by atoms with van der Waals surface area (Å²) in [6.45, 7) is 0.893. The van der Waals surface area contributed by atoms with E-state index >= 15 is 0 Å². The van der Waals surface area contributed by atoms with Gasteiger partial charge in [-0.2, -0.15) is 4.31 Å². The van der Waals surface area contributed by atoms with E-state index in [2.05, 4.69) is 10.6 Å². The van der Waals surface area contributed by atoms with Crippen LogP contribution in [0.4, 0.5) is 11.4 Å². The van der Waals surface area contributed by atoms with Crippen LogP contribution in [-0.2, 0) is 10.0 Å². The number of hydrogen-bond acceptors (Lipinski definition) is 4. The third-order valence-electron chi connectivity index (χ3n) is 5.56. The molecular formula is C25H24ClN3O4S. The summed E-state index contributed by atoms with van der Waals surface area (Å²) in [6.07, 6.45) is 2.61. The highest BCUT2D eigenvalue weighted by atomic mass is 35.5. The van der Waals surface area contributed by atoms with Crippen molar-refractivity contribution in [3.05, 3.63) is 88.9 Å². The monoisotopic (exact) mass is 497 g/mol. The Kier molecular flexibility index (Phi) is 7.31. The van der Waals surface area contributed by atoms with Crippen LogP contribution < -0.4 is 10.6 Å². The maximum absolute atomic E-state index is 13.0. The standard InChI is InChI=1S/C25H24ClN3O4S/c26-22-14-9-19(17-23(22)34(32,33)29-15-5-2-6-16-29)25(31)28-21-12-10-20(11-13-21)27-24(30)18-7-3-1-4-8-18/h1,3-4,7-14,17H,2,5-6,15-16H2,(H,27,30)(H,28,31). The molecule has 3 aromatic carbocycles. The Morgan fingerprint density at radius 2 is 1.29 bits per heavy atom. The van der Waals surface area contributed by atoms with Gasteiger partial charge in [-0.3, -0.25) is 9.59 Å². The first kappa shape index (κ1) is 23.9. The predicted molar refractivity (Wildman–Crippen MR) is 133 cm³/mol. The Labute approximate surface area is 203 Å². The van der Waals surface area contributed by atoms with Crippen molar-refractivity contribution in [3.63, 3.8) is 0 Å². The minimum atomic E-state index is -3.78. The summed E-state index contributed by atoms with van der Waals surface area (Å²) in [6, 6.07) is 19.7. The van der Waals surface area contributed by atoms with Gasteiger partial charge in [0.15, 0.2) is 0 Å². The molecule has 2 amide bonds. The summed E-state index contributed by atoms with van der Waals surface area (Å²) in [5.41, 5.74) is 1.80. The fourth-order valence-corrected chi connectivity index (χ4v) is 5.74. The first-order valence-corrected chi connectivity index (χ1v) is 12.7. The van der Waals surface area contributed by atoms with Crippen molar-refractivity contribution in [2.75, 3.05) is 23.7 Å². The highest BCUT2D eigenvalue weighted by Gasteiger charge is 2.28. The normalized spacial score (nSPS) is 14.4. The first-order chi connectivity index (χ1) is 16.3. The molecule has 1 saturated heterocycles. The lowest BCUT2D eigenvalue weighted by Gasteiger charge is -2.26. The van der Waals surface area contributed by atoms with Gasteiger partial charge >= 0.3 is 0 Å². The number of nitrogens with zero attached hydrogens (tertiary/aromatic N) is 1. The number of sulfonamides is 1. The van der Waals surface area contributed by atoms with Crippen molar-refractivity contribution >= 4 is 44.8 Å². The van der Waals surface area contributed by atoms with Gasteiger partial charge in [-0.25, -0.2) is 8.42 Å². The molecule has 0 aliphatic carbocycles. The van der Waals surface area contributed by atoms with Crippen LogP contribution in [-0.4, -0.2) is 37.6 Å². The van der Waals surface area contributed by atoms with Gasteiger partial charge in [-0.1, -0.05) is 36.2 Å². The molecule has 0 radical (unpaired) electrons. The van der Waals surface area contributed by atoms with Crippen LogP contribution in [0.2, 0.25) is 5.02 Å². The SMILES string of the molecule is O=C(Nc1ccc(NC(=O)c2ccc(Cl)c(S(=O)(=O)N3CCCCC3)c2)cc1)c1ccccc1. The van der Waals surface area contributed by atoms with E-state index in [1.165, 1.54) is 22.5 Å². The number of benzene rings is 3. The van der Waals surface area contributed by atoms with Gasteiger partial charge in [0.1, 0.15) is 4.90 Å². The molecular weight excluding hydrogens is 474 g/mol. The van der Waals surface area contributed by atoms with Crippen LogP contribution in [0.25, 0.3) is 0 Å². The van der Waals surface area contributed by atoms with Crippen LogP contribution in [0.15, 0.2) is 77.7 Å². The third-order valence-corrected chi connectivity index (χ3v) is 7.94. The summed E-state index contributed by atoms with van der Waals surface area (Å²) in [4.78, 5) is 25.0. The van der Waals surface area contributed by atoms with E-state index in [-0.39, 0.29) is 21.4 Å². The summed E-state index contributed by atoms with van der Waals surface area (Å²) in [5, 5.41) is 5.62. The van der Waals surface area contributed by atoms with Crippen LogP contribution in [0, 0.1) is 0 Å². The zero-order chi connectivity index (χ0) is 24.1. The zero-order valence-corrected chi connectivity index (χ0v) is 19.9. The highest BCUT2D eigenvalue weighted by Crippen LogP contribution is 2.28. The quantitative estimate of drug-likeness (QED) is 0.500. The molecule has 3 aromatic rings. The zero-order valence-electron chi connectivity index (χ0n) is 18.3. The fourth-order valence-electron chi connectivity index (χ4n) is 3.72. The van der Waals surface area contributed by atoms with Crippen molar-refractivity contribution in [3.8, 4) is 0 Å². The Bertz CT molecular complexity index is 1290. The second kappa shape index (κ2) is 10.4. The number of rotatable bonds is 6. The van der Waals surface area contributed by atoms with Crippen molar-refractivity contribution in [1.82, 2.24) is 4.31 Å². The maximum Gasteiger partial charge on any atom is 0.255 e. The molecule has 1 fully saturated rings. The minimum Gasteiger partial charge on any atom is -0.322 e. The number of halogens is 1. The Morgan fingerprint density at radius 1 is 0.735 bits per heavy atom. The highest BCUT2D eigenvalue weighted by molar-refractivity contribution is 7.89.